The molecule has 0 radical (unpaired) electrons. The highest BCUT2D eigenvalue weighted by Crippen LogP contribution is 2.27. The van der Waals surface area contributed by atoms with Crippen molar-refractivity contribution in [2.24, 2.45) is 5.41 Å². The van der Waals surface area contributed by atoms with E-state index in [1.165, 1.54) is 20.3 Å². The SMILES string of the molecule is COC(=O)C1=CC(C)(C(=O)OC)C=CC=C1. The van der Waals surface area contributed by atoms with E-state index in [1.807, 2.05) is 0 Å². The lowest BCUT2D eigenvalue weighted by atomic mass is 9.88. The molecule has 1 aliphatic rings. The number of allylic oxidation sites excluding steroid dienone is 2. The van der Waals surface area contributed by atoms with E-state index in [9.17, 15) is 9.59 Å². The van der Waals surface area contributed by atoms with Gasteiger partial charge < -0.3 is 9.47 Å². The lowest BCUT2D eigenvalue weighted by Crippen LogP contribution is -2.25. The van der Waals surface area contributed by atoms with Crippen LogP contribution in [0, 0.1) is 5.41 Å². The summed E-state index contributed by atoms with van der Waals surface area (Å²) in [5, 5.41) is 0. The van der Waals surface area contributed by atoms with Gasteiger partial charge in [0.05, 0.1) is 19.8 Å². The Kier molecular flexibility index (Phi) is 3.66. The quantitative estimate of drug-likeness (QED) is 0.662. The number of hydrogen-bond acceptors (Lipinski definition) is 4. The molecular formula is C12H14O4. The van der Waals surface area contributed by atoms with E-state index in [0.717, 1.165) is 0 Å². The Balaban J connectivity index is 3.13. The van der Waals surface area contributed by atoms with Crippen molar-refractivity contribution in [2.75, 3.05) is 14.2 Å². The van der Waals surface area contributed by atoms with Crippen LogP contribution in [0.25, 0.3) is 0 Å². The molecule has 86 valence electrons. The largest absolute Gasteiger partial charge is 0.468 e. The molecule has 0 aromatic heterocycles. The third-order valence-corrected chi connectivity index (χ3v) is 2.33. The summed E-state index contributed by atoms with van der Waals surface area (Å²) in [6.07, 6.45) is 8.17. The molecule has 0 fully saturated rings. The molecule has 1 rings (SSSR count). The molecule has 16 heavy (non-hydrogen) atoms. The van der Waals surface area contributed by atoms with E-state index in [-0.39, 0.29) is 0 Å². The summed E-state index contributed by atoms with van der Waals surface area (Å²) in [6.45, 7) is 1.67. The van der Waals surface area contributed by atoms with Crippen molar-refractivity contribution in [3.8, 4) is 0 Å². The lowest BCUT2D eigenvalue weighted by molar-refractivity contribution is -0.146. The smallest absolute Gasteiger partial charge is 0.337 e. The average molecular weight is 222 g/mol. The second-order valence-electron chi connectivity index (χ2n) is 3.58. The van der Waals surface area contributed by atoms with Crippen LogP contribution in [0.1, 0.15) is 6.92 Å². The highest BCUT2D eigenvalue weighted by atomic mass is 16.5. The van der Waals surface area contributed by atoms with Gasteiger partial charge in [0.25, 0.3) is 0 Å². The summed E-state index contributed by atoms with van der Waals surface area (Å²) in [7, 11) is 2.61. The molecule has 0 saturated carbocycles. The molecule has 0 heterocycles. The van der Waals surface area contributed by atoms with Crippen LogP contribution in [-0.4, -0.2) is 26.2 Å². The van der Waals surface area contributed by atoms with Gasteiger partial charge in [-0.25, -0.2) is 4.79 Å². The monoisotopic (exact) mass is 222 g/mol. The van der Waals surface area contributed by atoms with Crippen LogP contribution in [0.3, 0.4) is 0 Å². The summed E-state index contributed by atoms with van der Waals surface area (Å²) >= 11 is 0. The van der Waals surface area contributed by atoms with Gasteiger partial charge in [0.1, 0.15) is 5.41 Å². The maximum atomic E-state index is 11.6. The molecule has 1 aliphatic carbocycles. The number of carbonyl (C=O) groups excluding carboxylic acids is 2. The minimum atomic E-state index is -0.943. The van der Waals surface area contributed by atoms with E-state index in [1.54, 1.807) is 31.2 Å². The molecule has 4 heteroatoms. The third-order valence-electron chi connectivity index (χ3n) is 2.33. The number of rotatable bonds is 2. The zero-order chi connectivity index (χ0) is 12.2. The predicted molar refractivity (Wildman–Crippen MR) is 58.5 cm³/mol. The van der Waals surface area contributed by atoms with Crippen LogP contribution in [0.5, 0.6) is 0 Å². The Bertz CT molecular complexity index is 390. The fourth-order valence-electron chi connectivity index (χ4n) is 1.43. The normalized spacial score (nSPS) is 23.3. The molecule has 4 nitrogen and oxygen atoms in total. The van der Waals surface area contributed by atoms with E-state index in [4.69, 9.17) is 4.74 Å². The van der Waals surface area contributed by atoms with Crippen LogP contribution in [0.2, 0.25) is 0 Å². The Labute approximate surface area is 94.2 Å². The maximum Gasteiger partial charge on any atom is 0.337 e. The van der Waals surface area contributed by atoms with Crippen molar-refractivity contribution in [1.82, 2.24) is 0 Å². The summed E-state index contributed by atoms with van der Waals surface area (Å²) < 4.78 is 9.31. The molecule has 0 bridgehead atoms. The van der Waals surface area contributed by atoms with Crippen molar-refractivity contribution in [3.63, 3.8) is 0 Å². The number of carbonyl (C=O) groups is 2. The Morgan fingerprint density at radius 2 is 1.88 bits per heavy atom. The first kappa shape index (κ1) is 12.2. The first-order valence-electron chi connectivity index (χ1n) is 4.79. The zero-order valence-electron chi connectivity index (χ0n) is 9.52. The standard InChI is InChI=1S/C12H14O4/c1-12(11(14)16-3)7-5-4-6-9(8-12)10(13)15-2/h4-8H,1-3H3. The van der Waals surface area contributed by atoms with Crippen LogP contribution >= 0.6 is 0 Å². The zero-order valence-corrected chi connectivity index (χ0v) is 9.52. The number of esters is 2. The molecule has 0 saturated heterocycles. The fraction of sp³-hybridized carbons (Fsp3) is 0.333. The molecule has 0 aliphatic heterocycles. The van der Waals surface area contributed by atoms with Gasteiger partial charge in [-0.2, -0.15) is 0 Å². The molecule has 1 unspecified atom stereocenters. The predicted octanol–water partition coefficient (Wildman–Crippen LogP) is 1.39. The topological polar surface area (TPSA) is 52.6 Å². The van der Waals surface area contributed by atoms with Crippen LogP contribution in [-0.2, 0) is 19.1 Å². The first-order valence-corrected chi connectivity index (χ1v) is 4.79. The van der Waals surface area contributed by atoms with E-state index >= 15 is 0 Å². The van der Waals surface area contributed by atoms with Gasteiger partial charge in [-0.05, 0) is 19.1 Å². The number of hydrogen-bond donors (Lipinski definition) is 0. The van der Waals surface area contributed by atoms with Crippen molar-refractivity contribution in [1.29, 1.82) is 0 Å². The average Bonchev–Trinajstić information content (AvgIpc) is 2.50. The molecule has 0 spiro atoms. The highest BCUT2D eigenvalue weighted by molar-refractivity contribution is 5.94. The second-order valence-corrected chi connectivity index (χ2v) is 3.58. The molecule has 1 atom stereocenters. The Morgan fingerprint density at radius 3 is 2.44 bits per heavy atom. The van der Waals surface area contributed by atoms with Crippen LogP contribution < -0.4 is 0 Å². The van der Waals surface area contributed by atoms with Gasteiger partial charge in [0.15, 0.2) is 0 Å². The van der Waals surface area contributed by atoms with E-state index in [0.29, 0.717) is 5.57 Å². The first-order chi connectivity index (χ1) is 7.53. The summed E-state index contributed by atoms with van der Waals surface area (Å²) in [5.41, 5.74) is -0.609. The van der Waals surface area contributed by atoms with Gasteiger partial charge in [-0.15, -0.1) is 0 Å². The number of ether oxygens (including phenoxy) is 2. The van der Waals surface area contributed by atoms with Crippen LogP contribution in [0.4, 0.5) is 0 Å². The Hall–Kier alpha value is -1.84. The molecule has 0 aromatic carbocycles. The van der Waals surface area contributed by atoms with Gasteiger partial charge in [0.2, 0.25) is 0 Å². The molecule has 0 N–H and O–H groups in total. The van der Waals surface area contributed by atoms with Gasteiger partial charge in [0, 0.05) is 0 Å². The molecule has 0 aromatic rings. The van der Waals surface area contributed by atoms with Gasteiger partial charge in [-0.1, -0.05) is 18.2 Å². The summed E-state index contributed by atoms with van der Waals surface area (Å²) in [5.74, 6) is -0.899. The third kappa shape index (κ3) is 2.39. The van der Waals surface area contributed by atoms with Gasteiger partial charge in [-0.3, -0.25) is 4.79 Å². The highest BCUT2D eigenvalue weighted by Gasteiger charge is 2.31. The maximum absolute atomic E-state index is 11.6. The van der Waals surface area contributed by atoms with Crippen molar-refractivity contribution < 1.29 is 19.1 Å². The molecule has 0 amide bonds. The number of methoxy groups -OCH3 is 2. The minimum Gasteiger partial charge on any atom is -0.468 e. The molecular weight excluding hydrogens is 208 g/mol. The van der Waals surface area contributed by atoms with Crippen molar-refractivity contribution >= 4 is 11.9 Å². The van der Waals surface area contributed by atoms with Crippen molar-refractivity contribution in [3.05, 3.63) is 36.0 Å². The summed E-state index contributed by atoms with van der Waals surface area (Å²) in [6, 6.07) is 0. The Morgan fingerprint density at radius 1 is 1.19 bits per heavy atom. The van der Waals surface area contributed by atoms with Crippen molar-refractivity contribution in [2.45, 2.75) is 6.92 Å². The second kappa shape index (κ2) is 4.79. The van der Waals surface area contributed by atoms with Gasteiger partial charge >= 0.3 is 11.9 Å². The summed E-state index contributed by atoms with van der Waals surface area (Å²) in [4.78, 5) is 23.0. The fourth-order valence-corrected chi connectivity index (χ4v) is 1.43. The lowest BCUT2D eigenvalue weighted by Gasteiger charge is -2.18. The van der Waals surface area contributed by atoms with E-state index < -0.39 is 17.4 Å². The van der Waals surface area contributed by atoms with Crippen LogP contribution in [0.15, 0.2) is 36.0 Å². The van der Waals surface area contributed by atoms with E-state index in [2.05, 4.69) is 4.74 Å². The minimum absolute atomic E-state index is 0.334.